The normalized spacial score (nSPS) is 35.0. The van der Waals surface area contributed by atoms with E-state index in [1.165, 1.54) is 38.3 Å². The number of morpholine rings is 1. The summed E-state index contributed by atoms with van der Waals surface area (Å²) in [6, 6.07) is 11.8. The fraction of sp³-hybridized carbons (Fsp3) is 0.682. The van der Waals surface area contributed by atoms with Gasteiger partial charge in [-0.25, -0.2) is 0 Å². The molecule has 7 heteroatoms. The van der Waals surface area contributed by atoms with Gasteiger partial charge in [0.15, 0.2) is 5.96 Å². The maximum atomic E-state index is 6.15. The third-order valence-corrected chi connectivity index (χ3v) is 7.04. The van der Waals surface area contributed by atoms with Crippen LogP contribution in [-0.2, 0) is 11.3 Å². The molecule has 5 aliphatic rings. The summed E-state index contributed by atoms with van der Waals surface area (Å²) in [6.07, 6.45) is 0.270. The Balaban J connectivity index is 1.19. The molecular weight excluding hydrogens is 364 g/mol. The van der Waals surface area contributed by atoms with E-state index in [2.05, 4.69) is 60.2 Å². The van der Waals surface area contributed by atoms with E-state index in [0.717, 1.165) is 45.3 Å². The highest BCUT2D eigenvalue weighted by atomic mass is 16.5. The number of aliphatic imine (C=N–C) groups is 1. The van der Waals surface area contributed by atoms with E-state index in [1.54, 1.807) is 0 Å². The number of rotatable bonds is 4. The summed E-state index contributed by atoms with van der Waals surface area (Å²) >= 11 is 0. The van der Waals surface area contributed by atoms with Gasteiger partial charge in [-0.05, 0) is 5.56 Å². The monoisotopic (exact) mass is 398 g/mol. The molecule has 5 heterocycles. The Morgan fingerprint density at radius 3 is 2.62 bits per heavy atom. The number of guanidine groups is 1. The lowest BCUT2D eigenvalue weighted by atomic mass is 10.1. The highest BCUT2D eigenvalue weighted by molar-refractivity contribution is 5.80. The molecule has 5 aliphatic heterocycles. The maximum Gasteiger partial charge on any atom is 0.193 e. The summed E-state index contributed by atoms with van der Waals surface area (Å²) in [7, 11) is 1.91. The quantitative estimate of drug-likeness (QED) is 0.575. The van der Waals surface area contributed by atoms with Gasteiger partial charge >= 0.3 is 0 Å². The summed E-state index contributed by atoms with van der Waals surface area (Å²) in [6.45, 7) is 11.8. The molecule has 158 valence electrons. The van der Waals surface area contributed by atoms with Crippen molar-refractivity contribution in [2.24, 2.45) is 4.99 Å². The predicted octanol–water partition coefficient (Wildman–Crippen LogP) is 0.147. The molecule has 1 aromatic carbocycles. The molecule has 0 amide bonds. The first-order valence-corrected chi connectivity index (χ1v) is 11.1. The summed E-state index contributed by atoms with van der Waals surface area (Å²) in [4.78, 5) is 14.8. The van der Waals surface area contributed by atoms with Crippen molar-refractivity contribution < 1.29 is 4.74 Å². The van der Waals surface area contributed by atoms with E-state index in [0.29, 0.717) is 12.1 Å². The van der Waals surface area contributed by atoms with Crippen molar-refractivity contribution in [2.75, 3.05) is 72.6 Å². The van der Waals surface area contributed by atoms with Crippen LogP contribution in [0.15, 0.2) is 35.3 Å². The third kappa shape index (κ3) is 4.14. The highest BCUT2D eigenvalue weighted by Crippen LogP contribution is 2.25. The number of benzene rings is 1. The second-order valence-corrected chi connectivity index (χ2v) is 8.76. The van der Waals surface area contributed by atoms with Gasteiger partial charge in [0.25, 0.3) is 0 Å². The molecule has 5 fully saturated rings. The van der Waals surface area contributed by atoms with Crippen LogP contribution in [0.2, 0.25) is 0 Å². The van der Waals surface area contributed by atoms with Crippen molar-refractivity contribution in [1.29, 1.82) is 0 Å². The number of hydrogen-bond donors (Lipinski definition) is 1. The molecule has 7 nitrogen and oxygen atoms in total. The zero-order chi connectivity index (χ0) is 19.6. The first kappa shape index (κ1) is 19.3. The highest BCUT2D eigenvalue weighted by Gasteiger charge is 2.41. The molecule has 3 unspecified atom stereocenters. The Kier molecular flexibility index (Phi) is 5.72. The van der Waals surface area contributed by atoms with Crippen molar-refractivity contribution in [2.45, 2.75) is 24.7 Å². The molecule has 0 aromatic heterocycles. The molecule has 29 heavy (non-hydrogen) atoms. The number of likely N-dealkylation sites (tertiary alicyclic amines) is 1. The molecular formula is C22H34N6O. The SMILES string of the molecule is CN=C(NCC1CN2CCN1CC2)N1CC2OCCN(Cc3ccccc3)C2C1. The van der Waals surface area contributed by atoms with E-state index in [4.69, 9.17) is 4.74 Å². The molecule has 2 bridgehead atoms. The standard InChI is InChI=1S/C22H34N6O/c1-23-22(24-13-19-15-25-7-9-26(19)10-8-25)28-16-20-21(17-28)29-12-11-27(20)14-18-5-3-2-4-6-18/h2-6,19-21H,7-17H2,1H3,(H,23,24). The predicted molar refractivity (Wildman–Crippen MR) is 115 cm³/mol. The van der Waals surface area contributed by atoms with E-state index >= 15 is 0 Å². The Labute approximate surface area is 174 Å². The number of nitrogens with one attached hydrogen (secondary N) is 1. The zero-order valence-electron chi connectivity index (χ0n) is 17.5. The van der Waals surface area contributed by atoms with Crippen LogP contribution in [0.25, 0.3) is 0 Å². The first-order valence-electron chi connectivity index (χ1n) is 11.1. The van der Waals surface area contributed by atoms with E-state index < -0.39 is 0 Å². The Morgan fingerprint density at radius 1 is 1.07 bits per heavy atom. The van der Waals surface area contributed by atoms with Crippen LogP contribution in [0, 0.1) is 0 Å². The number of ether oxygens (including phenoxy) is 1. The number of piperazine rings is 3. The van der Waals surface area contributed by atoms with Crippen LogP contribution >= 0.6 is 0 Å². The second-order valence-electron chi connectivity index (χ2n) is 8.76. The minimum atomic E-state index is 0.270. The fourth-order valence-electron chi connectivity index (χ4n) is 5.41. The van der Waals surface area contributed by atoms with Crippen LogP contribution in [0.1, 0.15) is 5.56 Å². The lowest BCUT2D eigenvalue weighted by molar-refractivity contribution is -0.0502. The van der Waals surface area contributed by atoms with Gasteiger partial charge < -0.3 is 15.0 Å². The summed E-state index contributed by atoms with van der Waals surface area (Å²) in [5, 5.41) is 3.67. The van der Waals surface area contributed by atoms with Crippen molar-refractivity contribution in [3.05, 3.63) is 35.9 Å². The third-order valence-electron chi connectivity index (χ3n) is 7.04. The molecule has 3 atom stereocenters. The van der Waals surface area contributed by atoms with Gasteiger partial charge in [0.1, 0.15) is 0 Å². The van der Waals surface area contributed by atoms with E-state index in [-0.39, 0.29) is 6.10 Å². The average molecular weight is 399 g/mol. The largest absolute Gasteiger partial charge is 0.373 e. The molecule has 1 aromatic rings. The van der Waals surface area contributed by atoms with Crippen LogP contribution in [0.4, 0.5) is 0 Å². The Bertz CT molecular complexity index is 705. The van der Waals surface area contributed by atoms with E-state index in [1.807, 2.05) is 7.05 Å². The summed E-state index contributed by atoms with van der Waals surface area (Å²) < 4.78 is 6.15. The molecule has 0 saturated carbocycles. The van der Waals surface area contributed by atoms with Crippen LogP contribution in [0.5, 0.6) is 0 Å². The molecule has 0 spiro atoms. The van der Waals surface area contributed by atoms with Gasteiger partial charge in [-0.1, -0.05) is 30.3 Å². The molecule has 5 saturated heterocycles. The topological polar surface area (TPSA) is 46.6 Å². The van der Waals surface area contributed by atoms with Crippen LogP contribution in [-0.4, -0.2) is 116 Å². The molecule has 0 aliphatic carbocycles. The van der Waals surface area contributed by atoms with Gasteiger partial charge in [-0.15, -0.1) is 0 Å². The fourth-order valence-corrected chi connectivity index (χ4v) is 5.41. The van der Waals surface area contributed by atoms with Crippen molar-refractivity contribution in [1.82, 2.24) is 24.9 Å². The van der Waals surface area contributed by atoms with Crippen LogP contribution < -0.4 is 5.32 Å². The average Bonchev–Trinajstić information content (AvgIpc) is 3.21. The Morgan fingerprint density at radius 2 is 1.90 bits per heavy atom. The van der Waals surface area contributed by atoms with Crippen LogP contribution in [0.3, 0.4) is 0 Å². The lowest BCUT2D eigenvalue weighted by Crippen LogP contribution is -2.64. The van der Waals surface area contributed by atoms with Gasteiger partial charge in [-0.3, -0.25) is 19.7 Å². The smallest absolute Gasteiger partial charge is 0.193 e. The van der Waals surface area contributed by atoms with Crippen molar-refractivity contribution >= 4 is 5.96 Å². The number of hydrogen-bond acceptors (Lipinski definition) is 5. The Hall–Kier alpha value is -1.67. The first-order chi connectivity index (χ1) is 14.3. The molecule has 1 N–H and O–H groups in total. The molecule has 6 rings (SSSR count). The van der Waals surface area contributed by atoms with Crippen molar-refractivity contribution in [3.8, 4) is 0 Å². The minimum absolute atomic E-state index is 0.270. The number of nitrogens with zero attached hydrogens (tertiary/aromatic N) is 5. The lowest BCUT2D eigenvalue weighted by Gasteiger charge is -2.47. The van der Waals surface area contributed by atoms with E-state index in [9.17, 15) is 0 Å². The number of fused-ring (bicyclic) bond motifs is 4. The van der Waals surface area contributed by atoms with Gasteiger partial charge in [0.2, 0.25) is 0 Å². The minimum Gasteiger partial charge on any atom is -0.373 e. The molecule has 0 radical (unpaired) electrons. The maximum absolute atomic E-state index is 6.15. The van der Waals surface area contributed by atoms with Gasteiger partial charge in [-0.2, -0.15) is 0 Å². The van der Waals surface area contributed by atoms with Gasteiger partial charge in [0.05, 0.1) is 18.8 Å². The van der Waals surface area contributed by atoms with Gasteiger partial charge in [0, 0.05) is 78.5 Å². The summed E-state index contributed by atoms with van der Waals surface area (Å²) in [5.74, 6) is 1.03. The zero-order valence-corrected chi connectivity index (χ0v) is 17.5. The summed E-state index contributed by atoms with van der Waals surface area (Å²) in [5.41, 5.74) is 1.38. The second kappa shape index (κ2) is 8.60. The van der Waals surface area contributed by atoms with Crippen molar-refractivity contribution in [3.63, 3.8) is 0 Å².